The normalized spacial score (nSPS) is 12.4. The standard InChI is InChI=1S/C13H19NO/c1-3-4-10(2)9-13(15)11-5-7-12(14)8-6-11/h5-8,10H,3-4,9,14H2,1-2H3. The zero-order valence-corrected chi connectivity index (χ0v) is 9.49. The molecule has 0 saturated carbocycles. The van der Waals surface area contributed by atoms with Crippen LogP contribution in [0.2, 0.25) is 0 Å². The van der Waals surface area contributed by atoms with Gasteiger partial charge < -0.3 is 5.73 Å². The molecule has 0 aliphatic heterocycles. The number of carbonyl (C=O) groups excluding carboxylic acids is 1. The Kier molecular flexibility index (Phi) is 4.35. The van der Waals surface area contributed by atoms with E-state index in [9.17, 15) is 4.79 Å². The van der Waals surface area contributed by atoms with Crippen molar-refractivity contribution in [1.82, 2.24) is 0 Å². The molecule has 1 rings (SSSR count). The Morgan fingerprint density at radius 2 is 1.93 bits per heavy atom. The topological polar surface area (TPSA) is 43.1 Å². The van der Waals surface area contributed by atoms with Gasteiger partial charge in [-0.1, -0.05) is 26.7 Å². The van der Waals surface area contributed by atoms with Crippen molar-refractivity contribution in [2.75, 3.05) is 5.73 Å². The number of anilines is 1. The van der Waals surface area contributed by atoms with E-state index in [1.165, 1.54) is 0 Å². The Labute approximate surface area is 91.5 Å². The van der Waals surface area contributed by atoms with E-state index in [1.54, 1.807) is 24.3 Å². The van der Waals surface area contributed by atoms with E-state index < -0.39 is 0 Å². The highest BCUT2D eigenvalue weighted by Gasteiger charge is 2.10. The van der Waals surface area contributed by atoms with Gasteiger partial charge in [0.25, 0.3) is 0 Å². The number of Topliss-reactive ketones (excluding diaryl/α,β-unsaturated/α-hetero) is 1. The lowest BCUT2D eigenvalue weighted by atomic mass is 9.96. The van der Waals surface area contributed by atoms with Crippen LogP contribution in [-0.4, -0.2) is 5.78 Å². The number of hydrogen-bond acceptors (Lipinski definition) is 2. The fraction of sp³-hybridized carbons (Fsp3) is 0.462. The summed E-state index contributed by atoms with van der Waals surface area (Å²) in [6, 6.07) is 7.15. The average Bonchev–Trinajstić information content (AvgIpc) is 2.18. The number of rotatable bonds is 5. The van der Waals surface area contributed by atoms with Crippen LogP contribution in [0.3, 0.4) is 0 Å². The van der Waals surface area contributed by atoms with Gasteiger partial charge in [0.1, 0.15) is 0 Å². The van der Waals surface area contributed by atoms with Gasteiger partial charge in [-0.05, 0) is 30.2 Å². The molecule has 0 bridgehead atoms. The molecule has 0 fully saturated rings. The van der Waals surface area contributed by atoms with Gasteiger partial charge in [0.15, 0.2) is 5.78 Å². The molecule has 0 saturated heterocycles. The first-order chi connectivity index (χ1) is 7.13. The van der Waals surface area contributed by atoms with Crippen LogP contribution >= 0.6 is 0 Å². The SMILES string of the molecule is CCCC(C)CC(=O)c1ccc(N)cc1. The number of hydrogen-bond donors (Lipinski definition) is 1. The summed E-state index contributed by atoms with van der Waals surface area (Å²) in [4.78, 5) is 11.8. The van der Waals surface area contributed by atoms with Gasteiger partial charge in [-0.15, -0.1) is 0 Å². The van der Waals surface area contributed by atoms with Crippen LogP contribution in [0.4, 0.5) is 5.69 Å². The predicted octanol–water partition coefficient (Wildman–Crippen LogP) is 3.28. The first kappa shape index (κ1) is 11.8. The van der Waals surface area contributed by atoms with E-state index in [0.29, 0.717) is 18.0 Å². The Balaban J connectivity index is 2.57. The average molecular weight is 205 g/mol. The van der Waals surface area contributed by atoms with Crippen LogP contribution in [0.25, 0.3) is 0 Å². The minimum Gasteiger partial charge on any atom is -0.399 e. The molecule has 0 heterocycles. The van der Waals surface area contributed by atoms with Gasteiger partial charge in [-0.3, -0.25) is 4.79 Å². The minimum absolute atomic E-state index is 0.218. The number of nitrogen functional groups attached to an aromatic ring is 1. The number of benzene rings is 1. The molecule has 0 aliphatic rings. The summed E-state index contributed by atoms with van der Waals surface area (Å²) >= 11 is 0. The monoisotopic (exact) mass is 205 g/mol. The number of carbonyl (C=O) groups is 1. The van der Waals surface area contributed by atoms with Crippen LogP contribution in [0, 0.1) is 5.92 Å². The molecule has 0 radical (unpaired) electrons. The quantitative estimate of drug-likeness (QED) is 0.592. The Morgan fingerprint density at radius 3 is 2.47 bits per heavy atom. The summed E-state index contributed by atoms with van der Waals surface area (Å²) in [5.41, 5.74) is 7.04. The predicted molar refractivity (Wildman–Crippen MR) is 63.9 cm³/mol. The maximum Gasteiger partial charge on any atom is 0.163 e. The molecule has 1 unspecified atom stereocenters. The van der Waals surface area contributed by atoms with Crippen molar-refractivity contribution in [3.8, 4) is 0 Å². The van der Waals surface area contributed by atoms with Crippen LogP contribution in [0.5, 0.6) is 0 Å². The second-order valence-electron chi connectivity index (χ2n) is 4.14. The van der Waals surface area contributed by atoms with Crippen LogP contribution < -0.4 is 5.73 Å². The van der Waals surface area contributed by atoms with E-state index in [2.05, 4.69) is 13.8 Å². The highest BCUT2D eigenvalue weighted by Crippen LogP contribution is 2.15. The molecule has 0 aliphatic carbocycles. The molecular weight excluding hydrogens is 186 g/mol. The van der Waals surface area contributed by atoms with Crippen molar-refractivity contribution in [2.24, 2.45) is 5.92 Å². The summed E-state index contributed by atoms with van der Waals surface area (Å²) in [7, 11) is 0. The highest BCUT2D eigenvalue weighted by atomic mass is 16.1. The maximum atomic E-state index is 11.8. The second kappa shape index (κ2) is 5.54. The van der Waals surface area contributed by atoms with Gasteiger partial charge in [0, 0.05) is 17.7 Å². The molecule has 2 N–H and O–H groups in total. The highest BCUT2D eigenvalue weighted by molar-refractivity contribution is 5.96. The van der Waals surface area contributed by atoms with Crippen molar-refractivity contribution in [2.45, 2.75) is 33.1 Å². The smallest absolute Gasteiger partial charge is 0.163 e. The summed E-state index contributed by atoms with van der Waals surface area (Å²) in [6.45, 7) is 4.27. The lowest BCUT2D eigenvalue weighted by Crippen LogP contribution is -2.06. The fourth-order valence-corrected chi connectivity index (χ4v) is 1.70. The third-order valence-corrected chi connectivity index (χ3v) is 2.55. The zero-order chi connectivity index (χ0) is 11.3. The fourth-order valence-electron chi connectivity index (χ4n) is 1.70. The van der Waals surface area contributed by atoms with E-state index in [4.69, 9.17) is 5.73 Å². The van der Waals surface area contributed by atoms with E-state index >= 15 is 0 Å². The van der Waals surface area contributed by atoms with Crippen molar-refractivity contribution < 1.29 is 4.79 Å². The second-order valence-corrected chi connectivity index (χ2v) is 4.14. The van der Waals surface area contributed by atoms with Gasteiger partial charge >= 0.3 is 0 Å². The minimum atomic E-state index is 0.218. The largest absolute Gasteiger partial charge is 0.399 e. The summed E-state index contributed by atoms with van der Waals surface area (Å²) in [5.74, 6) is 0.691. The molecular formula is C13H19NO. The van der Waals surface area contributed by atoms with E-state index in [1.807, 2.05) is 0 Å². The molecule has 1 aromatic carbocycles. The molecule has 15 heavy (non-hydrogen) atoms. The molecule has 82 valence electrons. The van der Waals surface area contributed by atoms with Crippen LogP contribution in [0.15, 0.2) is 24.3 Å². The Bertz CT molecular complexity index is 316. The molecule has 0 aromatic heterocycles. The number of ketones is 1. The maximum absolute atomic E-state index is 11.8. The lowest BCUT2D eigenvalue weighted by Gasteiger charge is -2.08. The van der Waals surface area contributed by atoms with E-state index in [0.717, 1.165) is 18.4 Å². The van der Waals surface area contributed by atoms with Crippen molar-refractivity contribution in [3.05, 3.63) is 29.8 Å². The Hall–Kier alpha value is -1.31. The number of nitrogens with two attached hydrogens (primary N) is 1. The van der Waals surface area contributed by atoms with Crippen molar-refractivity contribution in [1.29, 1.82) is 0 Å². The van der Waals surface area contributed by atoms with E-state index in [-0.39, 0.29) is 5.78 Å². The third kappa shape index (κ3) is 3.74. The molecule has 0 spiro atoms. The van der Waals surface area contributed by atoms with Gasteiger partial charge in [-0.2, -0.15) is 0 Å². The molecule has 1 aromatic rings. The molecule has 2 nitrogen and oxygen atoms in total. The van der Waals surface area contributed by atoms with Crippen molar-refractivity contribution >= 4 is 11.5 Å². The van der Waals surface area contributed by atoms with Gasteiger partial charge in [0.2, 0.25) is 0 Å². The van der Waals surface area contributed by atoms with Crippen LogP contribution in [0.1, 0.15) is 43.5 Å². The van der Waals surface area contributed by atoms with Crippen molar-refractivity contribution in [3.63, 3.8) is 0 Å². The summed E-state index contributed by atoms with van der Waals surface area (Å²) < 4.78 is 0. The lowest BCUT2D eigenvalue weighted by molar-refractivity contribution is 0.0962. The first-order valence-electron chi connectivity index (χ1n) is 5.52. The molecule has 0 amide bonds. The Morgan fingerprint density at radius 1 is 1.33 bits per heavy atom. The first-order valence-corrected chi connectivity index (χ1v) is 5.52. The van der Waals surface area contributed by atoms with Gasteiger partial charge in [-0.25, -0.2) is 0 Å². The third-order valence-electron chi connectivity index (χ3n) is 2.55. The summed E-state index contributed by atoms with van der Waals surface area (Å²) in [5, 5.41) is 0. The zero-order valence-electron chi connectivity index (χ0n) is 9.49. The molecule has 2 heteroatoms. The van der Waals surface area contributed by atoms with Gasteiger partial charge in [0.05, 0.1) is 0 Å². The van der Waals surface area contributed by atoms with Crippen LogP contribution in [-0.2, 0) is 0 Å². The molecule has 1 atom stereocenters. The summed E-state index contributed by atoms with van der Waals surface area (Å²) in [6.07, 6.45) is 2.88.